The van der Waals surface area contributed by atoms with Crippen LogP contribution in [0, 0.1) is 13.8 Å². The molecule has 0 bridgehead atoms. The van der Waals surface area contributed by atoms with E-state index in [0.29, 0.717) is 50.3 Å². The van der Waals surface area contributed by atoms with Crippen molar-refractivity contribution in [1.29, 1.82) is 0 Å². The third-order valence-corrected chi connectivity index (χ3v) is 5.56. The maximum Gasteiger partial charge on any atom is 0.255 e. The Kier molecular flexibility index (Phi) is 7.49. The van der Waals surface area contributed by atoms with E-state index in [4.69, 9.17) is 9.26 Å². The van der Waals surface area contributed by atoms with Crippen molar-refractivity contribution in [1.82, 2.24) is 15.4 Å². The first-order valence-corrected chi connectivity index (χ1v) is 10.7. The topological polar surface area (TPSA) is 84.7 Å². The van der Waals surface area contributed by atoms with Crippen molar-refractivity contribution in [3.63, 3.8) is 0 Å². The molecule has 2 heterocycles. The number of ether oxygens (including phenoxy) is 1. The van der Waals surface area contributed by atoms with Crippen LogP contribution in [-0.2, 0) is 11.3 Å². The van der Waals surface area contributed by atoms with Gasteiger partial charge in [-0.1, -0.05) is 30.6 Å². The summed E-state index contributed by atoms with van der Waals surface area (Å²) in [5.74, 6) is 1.29. The van der Waals surface area contributed by atoms with Crippen molar-refractivity contribution in [2.75, 3.05) is 13.2 Å². The Morgan fingerprint density at radius 3 is 2.83 bits per heavy atom. The summed E-state index contributed by atoms with van der Waals surface area (Å²) in [7, 11) is 0. The quantitative estimate of drug-likeness (QED) is 0.666. The molecule has 1 aromatic carbocycles. The van der Waals surface area contributed by atoms with Gasteiger partial charge >= 0.3 is 0 Å². The molecule has 1 saturated heterocycles. The van der Waals surface area contributed by atoms with Crippen LogP contribution in [0.5, 0.6) is 5.75 Å². The van der Waals surface area contributed by atoms with E-state index in [-0.39, 0.29) is 17.9 Å². The molecule has 1 fully saturated rings. The summed E-state index contributed by atoms with van der Waals surface area (Å²) in [4.78, 5) is 27.3. The zero-order valence-electron chi connectivity index (χ0n) is 18.1. The Bertz CT molecular complexity index is 858. The summed E-state index contributed by atoms with van der Waals surface area (Å²) in [6.45, 7) is 7.52. The molecule has 1 aromatic heterocycles. The standard InChI is InChI=1S/C23H31N3O4/c1-4-5-14-29-21-9-7-6-8-19(21)23(28)24-18-10-11-22(27)26(13-12-18)15-20-16(2)25-30-17(20)3/h6-9,18H,4-5,10-15H2,1-3H3,(H,24,28). The van der Waals surface area contributed by atoms with Crippen LogP contribution in [0.2, 0.25) is 0 Å². The van der Waals surface area contributed by atoms with Gasteiger partial charge < -0.3 is 19.5 Å². The van der Waals surface area contributed by atoms with Crippen molar-refractivity contribution < 1.29 is 18.8 Å². The van der Waals surface area contributed by atoms with Crippen LogP contribution >= 0.6 is 0 Å². The minimum absolute atomic E-state index is 0.0557. The Balaban J connectivity index is 1.61. The second-order valence-corrected chi connectivity index (χ2v) is 7.81. The minimum Gasteiger partial charge on any atom is -0.493 e. The lowest BCUT2D eigenvalue weighted by Gasteiger charge is -2.21. The lowest BCUT2D eigenvalue weighted by molar-refractivity contribution is -0.131. The van der Waals surface area contributed by atoms with Gasteiger partial charge in [0.1, 0.15) is 11.5 Å². The maximum absolute atomic E-state index is 12.9. The van der Waals surface area contributed by atoms with E-state index in [0.717, 1.165) is 29.9 Å². The van der Waals surface area contributed by atoms with Crippen molar-refractivity contribution in [3.8, 4) is 5.75 Å². The monoisotopic (exact) mass is 413 g/mol. The fraction of sp³-hybridized carbons (Fsp3) is 0.522. The highest BCUT2D eigenvalue weighted by atomic mass is 16.5. The van der Waals surface area contributed by atoms with Gasteiger partial charge in [-0.2, -0.15) is 0 Å². The highest BCUT2D eigenvalue weighted by Gasteiger charge is 2.26. The molecule has 30 heavy (non-hydrogen) atoms. The van der Waals surface area contributed by atoms with Crippen LogP contribution in [0.3, 0.4) is 0 Å². The van der Waals surface area contributed by atoms with E-state index < -0.39 is 0 Å². The van der Waals surface area contributed by atoms with Crippen molar-refractivity contribution in [3.05, 3.63) is 46.8 Å². The zero-order chi connectivity index (χ0) is 21.5. The van der Waals surface area contributed by atoms with Gasteiger partial charge in [0, 0.05) is 24.6 Å². The van der Waals surface area contributed by atoms with Crippen molar-refractivity contribution in [2.45, 2.75) is 65.5 Å². The van der Waals surface area contributed by atoms with Gasteiger partial charge in [0.15, 0.2) is 0 Å². The highest BCUT2D eigenvalue weighted by molar-refractivity contribution is 5.97. The summed E-state index contributed by atoms with van der Waals surface area (Å²) in [6.07, 6.45) is 3.72. The molecular formula is C23H31N3O4. The second kappa shape index (κ2) is 10.3. The predicted molar refractivity (Wildman–Crippen MR) is 113 cm³/mol. The Morgan fingerprint density at radius 1 is 1.30 bits per heavy atom. The molecule has 0 spiro atoms. The van der Waals surface area contributed by atoms with E-state index in [1.165, 1.54) is 0 Å². The van der Waals surface area contributed by atoms with E-state index in [1.54, 1.807) is 6.07 Å². The Labute approximate surface area is 177 Å². The molecule has 0 radical (unpaired) electrons. The number of hydrogen-bond donors (Lipinski definition) is 1. The Hall–Kier alpha value is -2.83. The summed E-state index contributed by atoms with van der Waals surface area (Å²) >= 11 is 0. The van der Waals surface area contributed by atoms with E-state index >= 15 is 0 Å². The number of amides is 2. The number of nitrogens with one attached hydrogen (secondary N) is 1. The molecule has 1 N–H and O–H groups in total. The van der Waals surface area contributed by atoms with Crippen LogP contribution in [0.15, 0.2) is 28.8 Å². The fourth-order valence-electron chi connectivity index (χ4n) is 3.64. The lowest BCUT2D eigenvalue weighted by atomic mass is 10.1. The number of hydrogen-bond acceptors (Lipinski definition) is 5. The molecule has 162 valence electrons. The minimum atomic E-state index is -0.154. The summed E-state index contributed by atoms with van der Waals surface area (Å²) in [5.41, 5.74) is 2.31. The third kappa shape index (κ3) is 5.40. The summed E-state index contributed by atoms with van der Waals surface area (Å²) < 4.78 is 11.0. The molecule has 7 nitrogen and oxygen atoms in total. The molecule has 0 saturated carbocycles. The number of nitrogens with zero attached hydrogens (tertiary/aromatic N) is 2. The molecule has 3 rings (SSSR count). The van der Waals surface area contributed by atoms with Gasteiger partial charge in [0.25, 0.3) is 5.91 Å². The van der Waals surface area contributed by atoms with E-state index in [2.05, 4.69) is 17.4 Å². The summed E-state index contributed by atoms with van der Waals surface area (Å²) in [6, 6.07) is 7.26. The molecular weight excluding hydrogens is 382 g/mol. The average molecular weight is 414 g/mol. The second-order valence-electron chi connectivity index (χ2n) is 7.81. The number of carbonyl (C=O) groups is 2. The molecule has 1 aliphatic heterocycles. The average Bonchev–Trinajstić information content (AvgIpc) is 2.95. The van der Waals surface area contributed by atoms with Gasteiger partial charge in [-0.25, -0.2) is 0 Å². The number of likely N-dealkylation sites (tertiary alicyclic amines) is 1. The first kappa shape index (κ1) is 21.9. The van der Waals surface area contributed by atoms with Crippen LogP contribution in [0.4, 0.5) is 0 Å². The lowest BCUT2D eigenvalue weighted by Crippen LogP contribution is -2.36. The Morgan fingerprint density at radius 2 is 2.10 bits per heavy atom. The van der Waals surface area contributed by atoms with Crippen LogP contribution in [0.25, 0.3) is 0 Å². The number of rotatable bonds is 8. The largest absolute Gasteiger partial charge is 0.493 e. The van der Waals surface area contributed by atoms with Crippen molar-refractivity contribution >= 4 is 11.8 Å². The first-order valence-electron chi connectivity index (χ1n) is 10.7. The van der Waals surface area contributed by atoms with Crippen molar-refractivity contribution in [2.24, 2.45) is 0 Å². The highest BCUT2D eigenvalue weighted by Crippen LogP contribution is 2.22. The van der Waals surface area contributed by atoms with Crippen LogP contribution < -0.4 is 10.1 Å². The molecule has 1 unspecified atom stereocenters. The molecule has 2 aromatic rings. The maximum atomic E-state index is 12.9. The van der Waals surface area contributed by atoms with Gasteiger partial charge in [-0.3, -0.25) is 9.59 Å². The van der Waals surface area contributed by atoms with E-state index in [1.807, 2.05) is 36.9 Å². The number of unbranched alkanes of at least 4 members (excludes halogenated alkanes) is 1. The smallest absolute Gasteiger partial charge is 0.255 e. The molecule has 2 amide bonds. The van der Waals surface area contributed by atoms with Gasteiger partial charge in [-0.05, 0) is 45.2 Å². The van der Waals surface area contributed by atoms with E-state index in [9.17, 15) is 9.59 Å². The number of benzene rings is 1. The normalized spacial score (nSPS) is 17.0. The molecule has 1 atom stereocenters. The molecule has 0 aliphatic carbocycles. The zero-order valence-corrected chi connectivity index (χ0v) is 18.1. The van der Waals surface area contributed by atoms with Crippen LogP contribution in [-0.4, -0.2) is 41.1 Å². The first-order chi connectivity index (χ1) is 14.5. The summed E-state index contributed by atoms with van der Waals surface area (Å²) in [5, 5.41) is 7.07. The van der Waals surface area contributed by atoms with Crippen LogP contribution in [0.1, 0.15) is 66.4 Å². The third-order valence-electron chi connectivity index (χ3n) is 5.56. The van der Waals surface area contributed by atoms with Gasteiger partial charge in [-0.15, -0.1) is 0 Å². The number of aromatic nitrogens is 1. The van der Waals surface area contributed by atoms with Gasteiger partial charge in [0.2, 0.25) is 5.91 Å². The fourth-order valence-corrected chi connectivity index (χ4v) is 3.64. The SMILES string of the molecule is CCCCOc1ccccc1C(=O)NC1CCC(=O)N(Cc2c(C)noc2C)CC1. The number of carbonyl (C=O) groups excluding carboxylic acids is 2. The molecule has 1 aliphatic rings. The number of para-hydroxylation sites is 1. The number of aryl methyl sites for hydroxylation is 2. The van der Waals surface area contributed by atoms with Gasteiger partial charge in [0.05, 0.1) is 24.4 Å². The predicted octanol–water partition coefficient (Wildman–Crippen LogP) is 3.78. The molecule has 7 heteroatoms.